The van der Waals surface area contributed by atoms with Crippen LogP contribution in [0.5, 0.6) is 5.75 Å². The van der Waals surface area contributed by atoms with Crippen molar-refractivity contribution in [2.24, 2.45) is 47.2 Å². The number of likely N-dealkylation sites (tertiary alicyclic amines) is 1. The number of ketones is 2. The molecule has 22 nitrogen and oxygen atoms in total. The molecule has 2 aliphatic rings. The fourth-order valence-electron chi connectivity index (χ4n) is 11.1. The van der Waals surface area contributed by atoms with Crippen LogP contribution in [0.1, 0.15) is 118 Å². The van der Waals surface area contributed by atoms with Crippen molar-refractivity contribution in [3.63, 3.8) is 0 Å². The first kappa shape index (κ1) is 66.9. The normalized spacial score (nSPS) is 22.7. The average molecular weight is 1130 g/mol. The number of carboxylic acid groups (broad SMARTS) is 1. The standard InChI is InChI=1S/C58H89N5O17/c1-12-33(6)49(45(77-11)28-47(68)63-24-16-19-41(63)39(29-64)35(8)42(65)25-34(7)50(69)37-17-14-13-15-18-37)61(9)55(73)38(31(2)3)27-43(66)48(32(4)5)62(10)58(76)78-30-36-20-21-44(40(26-36)60-46(67)22-23-59)79-57-53(72)51(70)52(71)54(80-57)56(74)75/h13-15,17-18,20-21,26,31-35,38-39,41,45,48-54,57,64,69-72H,12,16,19,22-25,27-30,59H2,1-11H3,(H,60,67)(H,74,75)/t33-,34-,35+,38-,39+,41-,45+,48-,49-,50+,51-,52-,53+,54-,57+/m0/s1. The lowest BCUT2D eigenvalue weighted by atomic mass is 9.80. The zero-order chi connectivity index (χ0) is 59.9. The minimum Gasteiger partial charge on any atom is -0.479 e. The van der Waals surface area contributed by atoms with E-state index in [1.165, 1.54) is 32.4 Å². The van der Waals surface area contributed by atoms with Gasteiger partial charge in [0, 0.05) is 84.0 Å². The molecular formula is C58H89N5O17. The first-order valence-electron chi connectivity index (χ1n) is 27.8. The third-order valence-corrected chi connectivity index (χ3v) is 16.1. The Morgan fingerprint density at radius 2 is 1.51 bits per heavy atom. The van der Waals surface area contributed by atoms with E-state index in [4.69, 9.17) is 24.7 Å². The number of rotatable bonds is 30. The van der Waals surface area contributed by atoms with Crippen molar-refractivity contribution < 1.29 is 83.1 Å². The average Bonchev–Trinajstić information content (AvgIpc) is 3.91. The van der Waals surface area contributed by atoms with E-state index in [2.05, 4.69) is 5.32 Å². The Hall–Kier alpha value is -5.59. The van der Waals surface area contributed by atoms with Gasteiger partial charge in [0.25, 0.3) is 0 Å². The maximum Gasteiger partial charge on any atom is 0.410 e. The Bertz CT molecular complexity index is 2380. The number of carbonyl (C=O) groups is 7. The topological polar surface area (TPSA) is 326 Å². The fourth-order valence-corrected chi connectivity index (χ4v) is 11.1. The summed E-state index contributed by atoms with van der Waals surface area (Å²) in [5.41, 5.74) is 6.58. The fraction of sp³-hybridized carbons (Fsp3) is 0.672. The number of anilines is 1. The summed E-state index contributed by atoms with van der Waals surface area (Å²) in [7, 11) is 4.55. The number of hydrogen-bond acceptors (Lipinski definition) is 17. The van der Waals surface area contributed by atoms with Gasteiger partial charge in [-0.05, 0) is 59.8 Å². The van der Waals surface area contributed by atoms with Crippen LogP contribution in [0.2, 0.25) is 0 Å². The number of nitrogens with one attached hydrogen (secondary N) is 1. The van der Waals surface area contributed by atoms with Crippen LogP contribution in [0.4, 0.5) is 10.5 Å². The molecule has 0 radical (unpaired) electrons. The number of carboxylic acids is 1. The number of amides is 4. The molecule has 15 atom stereocenters. The first-order valence-corrected chi connectivity index (χ1v) is 27.8. The van der Waals surface area contributed by atoms with E-state index in [9.17, 15) is 64.2 Å². The highest BCUT2D eigenvalue weighted by Crippen LogP contribution is 2.36. The van der Waals surface area contributed by atoms with Crippen molar-refractivity contribution >= 4 is 47.0 Å². The molecule has 2 saturated heterocycles. The van der Waals surface area contributed by atoms with E-state index in [0.717, 1.165) is 4.90 Å². The van der Waals surface area contributed by atoms with E-state index < -0.39 is 108 Å². The molecule has 80 heavy (non-hydrogen) atoms. The van der Waals surface area contributed by atoms with Gasteiger partial charge in [0.05, 0.1) is 36.4 Å². The number of nitrogens with two attached hydrogens (primary N) is 1. The summed E-state index contributed by atoms with van der Waals surface area (Å²) < 4.78 is 22.7. The van der Waals surface area contributed by atoms with Crippen LogP contribution in [0, 0.1) is 41.4 Å². The number of methoxy groups -OCH3 is 1. The van der Waals surface area contributed by atoms with Crippen LogP contribution >= 0.6 is 0 Å². The third-order valence-electron chi connectivity index (χ3n) is 16.1. The van der Waals surface area contributed by atoms with Gasteiger partial charge >= 0.3 is 12.1 Å². The number of Topliss-reactive ketones (excluding diaryl/α,β-unsaturated/α-hetero) is 2. The molecule has 4 amide bonds. The number of aliphatic hydroxyl groups excluding tert-OH is 5. The monoisotopic (exact) mass is 1130 g/mol. The summed E-state index contributed by atoms with van der Waals surface area (Å²) in [4.78, 5) is 100. The first-order chi connectivity index (χ1) is 37.7. The highest BCUT2D eigenvalue weighted by molar-refractivity contribution is 5.93. The number of aliphatic carboxylic acids is 1. The summed E-state index contributed by atoms with van der Waals surface area (Å²) in [6.45, 7) is 14.4. The van der Waals surface area contributed by atoms with Gasteiger partial charge in [-0.25, -0.2) is 9.59 Å². The van der Waals surface area contributed by atoms with Crippen molar-refractivity contribution in [2.75, 3.05) is 46.2 Å². The van der Waals surface area contributed by atoms with Gasteiger partial charge in [-0.3, -0.25) is 24.0 Å². The van der Waals surface area contributed by atoms with Gasteiger partial charge in [0.2, 0.25) is 24.0 Å². The summed E-state index contributed by atoms with van der Waals surface area (Å²) in [6.07, 6.45) is -10.6. The van der Waals surface area contributed by atoms with Crippen molar-refractivity contribution in [3.8, 4) is 5.75 Å². The molecule has 22 heteroatoms. The van der Waals surface area contributed by atoms with Crippen LogP contribution in [-0.4, -0.2) is 183 Å². The van der Waals surface area contributed by atoms with Crippen LogP contribution in [0.15, 0.2) is 48.5 Å². The van der Waals surface area contributed by atoms with Gasteiger partial charge in [0.1, 0.15) is 36.5 Å². The van der Waals surface area contributed by atoms with Crippen molar-refractivity contribution in [2.45, 2.75) is 168 Å². The largest absolute Gasteiger partial charge is 0.479 e. The smallest absolute Gasteiger partial charge is 0.410 e. The molecule has 4 rings (SSSR count). The van der Waals surface area contributed by atoms with Crippen LogP contribution in [0.25, 0.3) is 0 Å². The number of aliphatic hydroxyl groups is 5. The zero-order valence-electron chi connectivity index (χ0n) is 48.3. The Labute approximate surface area is 470 Å². The molecule has 0 aromatic heterocycles. The minimum atomic E-state index is -1.97. The lowest BCUT2D eigenvalue weighted by molar-refractivity contribution is -0.271. The zero-order valence-corrected chi connectivity index (χ0v) is 48.3. The quantitative estimate of drug-likeness (QED) is 0.0550. The molecule has 0 saturated carbocycles. The van der Waals surface area contributed by atoms with E-state index >= 15 is 0 Å². The molecular weight excluding hydrogens is 1040 g/mol. The number of likely N-dealkylation sites (N-methyl/N-ethyl adjacent to an activating group) is 2. The molecule has 0 unspecified atom stereocenters. The highest BCUT2D eigenvalue weighted by Gasteiger charge is 2.49. The van der Waals surface area contributed by atoms with Crippen LogP contribution < -0.4 is 15.8 Å². The SMILES string of the molecule is CC[C@H](C)[C@@H]([C@@H](CC(=O)N1CCC[C@H]1[C@H](CO)[C@@H](C)C(=O)C[C@H](C)[C@@H](O)c1ccccc1)OC)N(C)C(=O)[C@@H](CC(=O)[C@H](C(C)C)N(C)C(=O)OCc1ccc(O[C@@H]2O[C@H](C(=O)O)[C@@H](O)[C@H](O)[C@H]2O)c(NC(=O)CCN)c1)C(C)C. The summed E-state index contributed by atoms with van der Waals surface area (Å²) in [5, 5.41) is 64.8. The Kier molecular flexibility index (Phi) is 25.9. The molecule has 0 aliphatic carbocycles. The lowest BCUT2D eigenvalue weighted by Gasteiger charge is -2.41. The van der Waals surface area contributed by atoms with Gasteiger partial charge in [0.15, 0.2) is 11.9 Å². The number of benzene rings is 2. The van der Waals surface area contributed by atoms with Gasteiger partial charge in [-0.2, -0.15) is 0 Å². The van der Waals surface area contributed by atoms with Crippen molar-refractivity contribution in [3.05, 3.63) is 59.7 Å². The van der Waals surface area contributed by atoms with E-state index in [-0.39, 0.29) is 92.2 Å². The summed E-state index contributed by atoms with van der Waals surface area (Å²) in [6, 6.07) is 11.2. The van der Waals surface area contributed by atoms with Gasteiger partial charge in [-0.1, -0.05) is 98.2 Å². The molecule has 2 aromatic rings. The number of carbonyl (C=O) groups excluding carboxylic acids is 6. The second kappa shape index (κ2) is 31.0. The van der Waals surface area contributed by atoms with E-state index in [1.54, 1.807) is 37.6 Å². The molecule has 0 bridgehead atoms. The van der Waals surface area contributed by atoms with E-state index in [1.807, 2.05) is 65.0 Å². The number of hydrogen-bond donors (Lipinski definition) is 8. The van der Waals surface area contributed by atoms with Crippen LogP contribution in [0.3, 0.4) is 0 Å². The minimum absolute atomic E-state index is 0.0152. The second-order valence-corrected chi connectivity index (χ2v) is 22.4. The third kappa shape index (κ3) is 17.0. The number of ether oxygens (including phenoxy) is 4. The molecule has 2 aromatic carbocycles. The maximum atomic E-state index is 14.8. The predicted molar refractivity (Wildman–Crippen MR) is 294 cm³/mol. The van der Waals surface area contributed by atoms with E-state index in [0.29, 0.717) is 36.9 Å². The van der Waals surface area contributed by atoms with Gasteiger partial charge < -0.3 is 75.3 Å². The molecule has 0 spiro atoms. The highest BCUT2D eigenvalue weighted by atomic mass is 16.7. The number of nitrogens with zero attached hydrogens (tertiary/aromatic N) is 3. The van der Waals surface area contributed by atoms with Crippen LogP contribution in [-0.2, 0) is 49.6 Å². The lowest BCUT2D eigenvalue weighted by Crippen LogP contribution is -2.61. The maximum absolute atomic E-state index is 14.8. The predicted octanol–water partition coefficient (Wildman–Crippen LogP) is 3.91. The Morgan fingerprint density at radius 3 is 2.09 bits per heavy atom. The van der Waals surface area contributed by atoms with Crippen molar-refractivity contribution in [1.82, 2.24) is 14.7 Å². The van der Waals surface area contributed by atoms with Gasteiger partial charge in [-0.15, -0.1) is 0 Å². The molecule has 2 heterocycles. The Morgan fingerprint density at radius 1 is 0.850 bits per heavy atom. The molecule has 2 aliphatic heterocycles. The molecule has 448 valence electrons. The summed E-state index contributed by atoms with van der Waals surface area (Å²) in [5.74, 6) is -6.74. The van der Waals surface area contributed by atoms with Crippen molar-refractivity contribution in [1.29, 1.82) is 0 Å². The molecule has 9 N–H and O–H groups in total. The second-order valence-electron chi connectivity index (χ2n) is 22.4. The molecule has 2 fully saturated rings. The summed E-state index contributed by atoms with van der Waals surface area (Å²) >= 11 is 0. The Balaban J connectivity index is 1.47.